The van der Waals surface area contributed by atoms with E-state index in [1.807, 2.05) is 12.1 Å². The van der Waals surface area contributed by atoms with Gasteiger partial charge in [0, 0.05) is 18.8 Å². The molecule has 0 bridgehead atoms. The highest BCUT2D eigenvalue weighted by Crippen LogP contribution is 2.18. The highest BCUT2D eigenvalue weighted by atomic mass is 16.5. The molecule has 1 heterocycles. The summed E-state index contributed by atoms with van der Waals surface area (Å²) in [5.74, 6) is 0.809. The molecule has 4 heteroatoms. The van der Waals surface area contributed by atoms with Gasteiger partial charge in [0.05, 0.1) is 5.69 Å². The Balaban J connectivity index is 1.97. The summed E-state index contributed by atoms with van der Waals surface area (Å²) in [6.45, 7) is 0.856. The molecule has 0 aliphatic heterocycles. The third kappa shape index (κ3) is 3.19. The summed E-state index contributed by atoms with van der Waals surface area (Å²) in [5, 5.41) is 9.27. The fourth-order valence-electron chi connectivity index (χ4n) is 1.39. The molecular weight excluding hydrogens is 216 g/mol. The van der Waals surface area contributed by atoms with Crippen LogP contribution in [0.5, 0.6) is 11.5 Å². The van der Waals surface area contributed by atoms with Crippen molar-refractivity contribution in [3.63, 3.8) is 0 Å². The molecule has 0 aliphatic carbocycles. The van der Waals surface area contributed by atoms with Crippen molar-refractivity contribution in [3.8, 4) is 11.5 Å². The topological polar surface area (TPSA) is 68.4 Å². The zero-order valence-corrected chi connectivity index (χ0v) is 9.34. The predicted octanol–water partition coefficient (Wildman–Crippen LogP) is 1.82. The highest BCUT2D eigenvalue weighted by molar-refractivity contribution is 5.31. The number of rotatable bonds is 4. The first-order valence-corrected chi connectivity index (χ1v) is 5.33. The Labute approximate surface area is 99.7 Å². The monoisotopic (exact) mass is 230 g/mol. The van der Waals surface area contributed by atoms with Crippen LogP contribution in [0.25, 0.3) is 0 Å². The molecule has 0 spiro atoms. The van der Waals surface area contributed by atoms with E-state index in [1.165, 1.54) is 0 Å². The van der Waals surface area contributed by atoms with E-state index in [0.717, 1.165) is 11.3 Å². The molecule has 1 aromatic carbocycles. The maximum absolute atomic E-state index is 9.27. The second-order valence-corrected chi connectivity index (χ2v) is 3.65. The van der Waals surface area contributed by atoms with Crippen LogP contribution in [0.2, 0.25) is 0 Å². The second kappa shape index (κ2) is 5.32. The average Bonchev–Trinajstić information content (AvgIpc) is 2.37. The number of hydrogen-bond donors (Lipinski definition) is 2. The smallest absolute Gasteiger partial charge is 0.130 e. The number of ether oxygens (including phenoxy) is 1. The quantitative estimate of drug-likeness (QED) is 0.840. The summed E-state index contributed by atoms with van der Waals surface area (Å²) in [6.07, 6.45) is 1.74. The van der Waals surface area contributed by atoms with Crippen LogP contribution in [-0.2, 0) is 13.2 Å². The lowest BCUT2D eigenvalue weighted by atomic mass is 10.2. The van der Waals surface area contributed by atoms with Gasteiger partial charge in [-0.25, -0.2) is 0 Å². The van der Waals surface area contributed by atoms with E-state index in [4.69, 9.17) is 10.5 Å². The molecule has 2 aromatic rings. The first-order valence-electron chi connectivity index (χ1n) is 5.33. The van der Waals surface area contributed by atoms with Gasteiger partial charge in [-0.2, -0.15) is 0 Å². The number of phenolic OH excluding ortho intramolecular Hbond substituents is 1. The summed E-state index contributed by atoms with van der Waals surface area (Å²) >= 11 is 0. The zero-order chi connectivity index (χ0) is 12.1. The van der Waals surface area contributed by atoms with Crippen LogP contribution in [0.15, 0.2) is 42.6 Å². The Morgan fingerprint density at radius 1 is 1.24 bits per heavy atom. The molecule has 88 valence electrons. The molecule has 0 aliphatic rings. The van der Waals surface area contributed by atoms with Crippen molar-refractivity contribution < 1.29 is 9.84 Å². The van der Waals surface area contributed by atoms with Crippen molar-refractivity contribution in [2.24, 2.45) is 5.73 Å². The van der Waals surface area contributed by atoms with Crippen molar-refractivity contribution in [3.05, 3.63) is 53.9 Å². The van der Waals surface area contributed by atoms with Crippen LogP contribution in [0.3, 0.4) is 0 Å². The van der Waals surface area contributed by atoms with Gasteiger partial charge in [-0.1, -0.05) is 12.1 Å². The summed E-state index contributed by atoms with van der Waals surface area (Å²) in [7, 11) is 0. The lowest BCUT2D eigenvalue weighted by Gasteiger charge is -2.06. The van der Waals surface area contributed by atoms with E-state index in [2.05, 4.69) is 4.98 Å². The SMILES string of the molecule is NCc1ccc(COc2cccc(O)c2)nc1. The molecule has 17 heavy (non-hydrogen) atoms. The van der Waals surface area contributed by atoms with Gasteiger partial charge >= 0.3 is 0 Å². The number of benzene rings is 1. The Morgan fingerprint density at radius 2 is 2.12 bits per heavy atom. The normalized spacial score (nSPS) is 10.2. The molecule has 1 aromatic heterocycles. The third-order valence-corrected chi connectivity index (χ3v) is 2.33. The highest BCUT2D eigenvalue weighted by Gasteiger charge is 1.98. The van der Waals surface area contributed by atoms with Gasteiger partial charge in [-0.05, 0) is 23.8 Å². The van der Waals surface area contributed by atoms with Crippen LogP contribution in [0.4, 0.5) is 0 Å². The van der Waals surface area contributed by atoms with E-state index in [0.29, 0.717) is 18.9 Å². The van der Waals surface area contributed by atoms with E-state index >= 15 is 0 Å². The summed E-state index contributed by atoms with van der Waals surface area (Å²) in [4.78, 5) is 4.22. The summed E-state index contributed by atoms with van der Waals surface area (Å²) in [5.41, 5.74) is 7.30. The first-order chi connectivity index (χ1) is 8.28. The Bertz CT molecular complexity index is 483. The van der Waals surface area contributed by atoms with Gasteiger partial charge in [0.25, 0.3) is 0 Å². The van der Waals surface area contributed by atoms with Gasteiger partial charge in [-0.15, -0.1) is 0 Å². The number of aromatic nitrogens is 1. The van der Waals surface area contributed by atoms with Crippen LogP contribution in [-0.4, -0.2) is 10.1 Å². The number of nitrogens with zero attached hydrogens (tertiary/aromatic N) is 1. The van der Waals surface area contributed by atoms with E-state index < -0.39 is 0 Å². The van der Waals surface area contributed by atoms with Crippen LogP contribution < -0.4 is 10.5 Å². The van der Waals surface area contributed by atoms with Crippen molar-refractivity contribution in [1.82, 2.24) is 4.98 Å². The molecule has 0 fully saturated rings. The minimum absolute atomic E-state index is 0.189. The maximum Gasteiger partial charge on any atom is 0.130 e. The fraction of sp³-hybridized carbons (Fsp3) is 0.154. The molecule has 0 atom stereocenters. The molecule has 0 saturated carbocycles. The molecule has 0 saturated heterocycles. The number of pyridine rings is 1. The Kier molecular flexibility index (Phi) is 3.57. The fourth-order valence-corrected chi connectivity index (χ4v) is 1.39. The third-order valence-electron chi connectivity index (χ3n) is 2.33. The van der Waals surface area contributed by atoms with Crippen LogP contribution in [0, 0.1) is 0 Å². The van der Waals surface area contributed by atoms with Crippen LogP contribution >= 0.6 is 0 Å². The van der Waals surface area contributed by atoms with Gasteiger partial charge in [0.2, 0.25) is 0 Å². The molecule has 4 nitrogen and oxygen atoms in total. The van der Waals surface area contributed by atoms with E-state index in [-0.39, 0.29) is 5.75 Å². The first kappa shape index (κ1) is 11.4. The lowest BCUT2D eigenvalue weighted by molar-refractivity contribution is 0.299. The van der Waals surface area contributed by atoms with Crippen molar-refractivity contribution in [2.45, 2.75) is 13.2 Å². The summed E-state index contributed by atoms with van der Waals surface area (Å²) in [6, 6.07) is 10.5. The van der Waals surface area contributed by atoms with Gasteiger partial charge in [0.1, 0.15) is 18.1 Å². The predicted molar refractivity (Wildman–Crippen MR) is 64.6 cm³/mol. The number of phenols is 1. The maximum atomic E-state index is 9.27. The van der Waals surface area contributed by atoms with Gasteiger partial charge < -0.3 is 15.6 Å². The molecule has 3 N–H and O–H groups in total. The molecule has 0 amide bonds. The molecular formula is C13H14N2O2. The van der Waals surface area contributed by atoms with Crippen LogP contribution in [0.1, 0.15) is 11.3 Å². The molecule has 0 unspecified atom stereocenters. The van der Waals surface area contributed by atoms with Crippen molar-refractivity contribution >= 4 is 0 Å². The van der Waals surface area contributed by atoms with Gasteiger partial charge in [-0.3, -0.25) is 4.98 Å². The van der Waals surface area contributed by atoms with Gasteiger partial charge in [0.15, 0.2) is 0 Å². The largest absolute Gasteiger partial charge is 0.508 e. The lowest BCUT2D eigenvalue weighted by Crippen LogP contribution is -2.01. The standard InChI is InChI=1S/C13H14N2O2/c14-7-10-4-5-11(15-8-10)9-17-13-3-1-2-12(16)6-13/h1-6,8,16H,7,9,14H2. The Morgan fingerprint density at radius 3 is 2.76 bits per heavy atom. The zero-order valence-electron chi connectivity index (χ0n) is 9.34. The average molecular weight is 230 g/mol. The van der Waals surface area contributed by atoms with Crippen molar-refractivity contribution in [2.75, 3.05) is 0 Å². The number of nitrogens with two attached hydrogens (primary N) is 1. The second-order valence-electron chi connectivity index (χ2n) is 3.65. The summed E-state index contributed by atoms with van der Waals surface area (Å²) < 4.78 is 5.49. The van der Waals surface area contributed by atoms with Crippen molar-refractivity contribution in [1.29, 1.82) is 0 Å². The Hall–Kier alpha value is -2.07. The van der Waals surface area contributed by atoms with E-state index in [9.17, 15) is 5.11 Å². The number of hydrogen-bond acceptors (Lipinski definition) is 4. The molecule has 2 rings (SSSR count). The minimum Gasteiger partial charge on any atom is -0.508 e. The minimum atomic E-state index is 0.189. The number of aromatic hydroxyl groups is 1. The molecule has 0 radical (unpaired) electrons. The van der Waals surface area contributed by atoms with E-state index in [1.54, 1.807) is 30.5 Å².